The van der Waals surface area contributed by atoms with Crippen LogP contribution in [0.25, 0.3) is 0 Å². The highest BCUT2D eigenvalue weighted by Gasteiger charge is 2.32. The Morgan fingerprint density at radius 3 is 2.52 bits per heavy atom. The van der Waals surface area contributed by atoms with Gasteiger partial charge in [-0.05, 0) is 31.0 Å². The highest BCUT2D eigenvalue weighted by molar-refractivity contribution is 5.95. The summed E-state index contributed by atoms with van der Waals surface area (Å²) >= 11 is 0. The van der Waals surface area contributed by atoms with E-state index in [2.05, 4.69) is 5.32 Å². The van der Waals surface area contributed by atoms with Gasteiger partial charge in [-0.25, -0.2) is 0 Å². The second-order valence-electron chi connectivity index (χ2n) is 4.56. The van der Waals surface area contributed by atoms with E-state index in [1.54, 1.807) is 0 Å². The summed E-state index contributed by atoms with van der Waals surface area (Å²) in [5.41, 5.74) is 4.62. The minimum atomic E-state index is -4.52. The second kappa shape index (κ2) is 6.57. The first-order valence-corrected chi connectivity index (χ1v) is 6.07. The Hall–Kier alpha value is -2.09. The van der Waals surface area contributed by atoms with E-state index >= 15 is 0 Å². The molecule has 0 heterocycles. The number of rotatable bonds is 5. The van der Waals surface area contributed by atoms with E-state index in [9.17, 15) is 22.8 Å². The molecule has 0 bridgehead atoms. The first kappa shape index (κ1) is 17.0. The molecule has 1 aromatic rings. The van der Waals surface area contributed by atoms with Crippen LogP contribution in [0.3, 0.4) is 0 Å². The summed E-state index contributed by atoms with van der Waals surface area (Å²) in [6, 6.07) is 2.28. The zero-order chi connectivity index (χ0) is 16.2. The molecule has 0 aliphatic carbocycles. The number of aliphatic carboxylic acids is 1. The predicted octanol–water partition coefficient (Wildman–Crippen LogP) is 2.14. The van der Waals surface area contributed by atoms with Crippen molar-refractivity contribution in [2.45, 2.75) is 32.0 Å². The number of hydrogen-bond acceptors (Lipinski definition) is 3. The molecule has 1 amide bonds. The largest absolute Gasteiger partial charge is 0.481 e. The Morgan fingerprint density at radius 1 is 1.38 bits per heavy atom. The third kappa shape index (κ3) is 5.07. The summed E-state index contributed by atoms with van der Waals surface area (Å²) in [4.78, 5) is 22.0. The van der Waals surface area contributed by atoms with Crippen molar-refractivity contribution < 1.29 is 27.9 Å². The molecule has 0 fully saturated rings. The molecule has 0 radical (unpaired) electrons. The van der Waals surface area contributed by atoms with Crippen molar-refractivity contribution in [3.8, 4) is 0 Å². The predicted molar refractivity (Wildman–Crippen MR) is 69.7 cm³/mol. The SMILES string of the molecule is Cc1ccc(NC(=O)C(N)CCC(=O)O)cc1C(F)(F)F. The van der Waals surface area contributed by atoms with Gasteiger partial charge in [0.1, 0.15) is 0 Å². The molecule has 0 aromatic heterocycles. The fraction of sp³-hybridized carbons (Fsp3) is 0.385. The number of carboxylic acids is 1. The number of carboxylic acid groups (broad SMARTS) is 1. The number of nitrogens with one attached hydrogen (secondary N) is 1. The van der Waals surface area contributed by atoms with Gasteiger partial charge in [-0.1, -0.05) is 6.07 Å². The Balaban J connectivity index is 2.79. The number of carbonyl (C=O) groups is 2. The average molecular weight is 304 g/mol. The second-order valence-corrected chi connectivity index (χ2v) is 4.56. The minimum Gasteiger partial charge on any atom is -0.481 e. The molecule has 0 aliphatic heterocycles. The first-order chi connectivity index (χ1) is 9.61. The average Bonchev–Trinajstić information content (AvgIpc) is 2.36. The molecule has 116 valence electrons. The van der Waals surface area contributed by atoms with Crippen LogP contribution >= 0.6 is 0 Å². The van der Waals surface area contributed by atoms with Gasteiger partial charge in [-0.15, -0.1) is 0 Å². The monoisotopic (exact) mass is 304 g/mol. The maximum atomic E-state index is 12.7. The fourth-order valence-electron chi connectivity index (χ4n) is 1.65. The van der Waals surface area contributed by atoms with Gasteiger partial charge in [0, 0.05) is 12.1 Å². The molecule has 0 saturated heterocycles. The summed E-state index contributed by atoms with van der Waals surface area (Å²) in [5, 5.41) is 10.7. The number of hydrogen-bond donors (Lipinski definition) is 3. The quantitative estimate of drug-likeness (QED) is 0.777. The number of aryl methyl sites for hydroxylation is 1. The van der Waals surface area contributed by atoms with Gasteiger partial charge in [0.25, 0.3) is 0 Å². The lowest BCUT2D eigenvalue weighted by Gasteiger charge is -2.14. The van der Waals surface area contributed by atoms with E-state index in [1.165, 1.54) is 19.1 Å². The molecule has 5 nitrogen and oxygen atoms in total. The van der Waals surface area contributed by atoms with Crippen molar-refractivity contribution in [2.75, 3.05) is 5.32 Å². The smallest absolute Gasteiger partial charge is 0.416 e. The van der Waals surface area contributed by atoms with E-state index in [4.69, 9.17) is 10.8 Å². The van der Waals surface area contributed by atoms with Crippen LogP contribution in [-0.2, 0) is 15.8 Å². The van der Waals surface area contributed by atoms with E-state index < -0.39 is 29.7 Å². The van der Waals surface area contributed by atoms with Crippen LogP contribution in [0, 0.1) is 6.92 Å². The molecule has 1 rings (SSSR count). The third-order valence-electron chi connectivity index (χ3n) is 2.82. The minimum absolute atomic E-state index is 0.0377. The number of halogens is 3. The highest BCUT2D eigenvalue weighted by atomic mass is 19.4. The van der Waals surface area contributed by atoms with Gasteiger partial charge >= 0.3 is 12.1 Å². The van der Waals surface area contributed by atoms with Crippen LogP contribution in [-0.4, -0.2) is 23.0 Å². The van der Waals surface area contributed by atoms with Crippen LogP contribution in [0.2, 0.25) is 0 Å². The van der Waals surface area contributed by atoms with E-state index in [0.717, 1.165) is 6.07 Å². The van der Waals surface area contributed by atoms with Crippen LogP contribution in [0.4, 0.5) is 18.9 Å². The maximum Gasteiger partial charge on any atom is 0.416 e. The molecule has 0 saturated carbocycles. The molecule has 0 spiro atoms. The van der Waals surface area contributed by atoms with Crippen molar-refractivity contribution in [3.63, 3.8) is 0 Å². The van der Waals surface area contributed by atoms with Gasteiger partial charge in [0.15, 0.2) is 0 Å². The Bertz CT molecular complexity index is 544. The lowest BCUT2D eigenvalue weighted by atomic mass is 10.1. The van der Waals surface area contributed by atoms with Gasteiger partial charge < -0.3 is 16.2 Å². The lowest BCUT2D eigenvalue weighted by Crippen LogP contribution is -2.36. The van der Waals surface area contributed by atoms with E-state index in [1.807, 2.05) is 0 Å². The molecular formula is C13H15F3N2O3. The Labute approximate surface area is 118 Å². The number of benzene rings is 1. The summed E-state index contributed by atoms with van der Waals surface area (Å²) < 4.78 is 38.2. The van der Waals surface area contributed by atoms with E-state index in [-0.39, 0.29) is 24.1 Å². The first-order valence-electron chi connectivity index (χ1n) is 6.07. The number of anilines is 1. The van der Waals surface area contributed by atoms with Crippen molar-refractivity contribution >= 4 is 17.6 Å². The Kier molecular flexibility index (Phi) is 5.31. The molecule has 4 N–H and O–H groups in total. The summed E-state index contributed by atoms with van der Waals surface area (Å²) in [6.45, 7) is 1.31. The lowest BCUT2D eigenvalue weighted by molar-refractivity contribution is -0.138. The van der Waals surface area contributed by atoms with Crippen LogP contribution < -0.4 is 11.1 Å². The van der Waals surface area contributed by atoms with Crippen molar-refractivity contribution in [2.24, 2.45) is 5.73 Å². The molecular weight excluding hydrogens is 289 g/mol. The molecule has 21 heavy (non-hydrogen) atoms. The fourth-order valence-corrected chi connectivity index (χ4v) is 1.65. The summed E-state index contributed by atoms with van der Waals surface area (Å²) in [7, 11) is 0. The normalized spacial score (nSPS) is 12.8. The van der Waals surface area contributed by atoms with Crippen LogP contribution in [0.5, 0.6) is 0 Å². The van der Waals surface area contributed by atoms with Crippen molar-refractivity contribution in [1.29, 1.82) is 0 Å². The molecule has 0 aliphatic rings. The summed E-state index contributed by atoms with van der Waals surface area (Å²) in [6.07, 6.45) is -4.91. The van der Waals surface area contributed by atoms with E-state index in [0.29, 0.717) is 0 Å². The number of carbonyl (C=O) groups excluding carboxylic acids is 1. The standard InChI is InChI=1S/C13H15F3N2O3/c1-7-2-3-8(6-9(7)13(14,15)16)18-12(21)10(17)4-5-11(19)20/h2-3,6,10H,4-5,17H2,1H3,(H,18,21)(H,19,20). The summed E-state index contributed by atoms with van der Waals surface area (Å²) in [5.74, 6) is -1.83. The number of nitrogens with two attached hydrogens (primary N) is 1. The van der Waals surface area contributed by atoms with Crippen molar-refractivity contribution in [1.82, 2.24) is 0 Å². The van der Waals surface area contributed by atoms with Crippen LogP contribution in [0.1, 0.15) is 24.0 Å². The van der Waals surface area contributed by atoms with Gasteiger partial charge in [0.2, 0.25) is 5.91 Å². The number of amides is 1. The molecule has 8 heteroatoms. The molecule has 1 atom stereocenters. The molecule has 1 unspecified atom stereocenters. The van der Waals surface area contributed by atoms with Crippen molar-refractivity contribution in [3.05, 3.63) is 29.3 Å². The van der Waals surface area contributed by atoms with Gasteiger partial charge in [-0.3, -0.25) is 9.59 Å². The highest BCUT2D eigenvalue weighted by Crippen LogP contribution is 2.33. The molecule has 1 aromatic carbocycles. The van der Waals surface area contributed by atoms with Gasteiger partial charge in [-0.2, -0.15) is 13.2 Å². The zero-order valence-electron chi connectivity index (χ0n) is 11.2. The zero-order valence-corrected chi connectivity index (χ0v) is 11.2. The maximum absolute atomic E-state index is 12.7. The Morgan fingerprint density at radius 2 is 2.00 bits per heavy atom. The van der Waals surface area contributed by atoms with Crippen LogP contribution in [0.15, 0.2) is 18.2 Å². The third-order valence-corrected chi connectivity index (χ3v) is 2.82. The van der Waals surface area contributed by atoms with Gasteiger partial charge in [0.05, 0.1) is 11.6 Å². The number of alkyl halides is 3. The topological polar surface area (TPSA) is 92.4 Å².